The van der Waals surface area contributed by atoms with Crippen molar-refractivity contribution in [3.63, 3.8) is 0 Å². The molecule has 0 aliphatic heterocycles. The molecule has 6 nitrogen and oxygen atoms in total. The first kappa shape index (κ1) is 16.8. The Kier molecular flexibility index (Phi) is 4.26. The van der Waals surface area contributed by atoms with Crippen molar-refractivity contribution < 1.29 is 9.21 Å². The van der Waals surface area contributed by atoms with Gasteiger partial charge in [0, 0.05) is 20.1 Å². The Hall–Kier alpha value is -2.63. The monoisotopic (exact) mass is 352 g/mol. The van der Waals surface area contributed by atoms with Crippen molar-refractivity contribution >= 4 is 16.9 Å². The number of hydrogen-bond donors (Lipinski definition) is 0. The summed E-state index contributed by atoms with van der Waals surface area (Å²) in [5, 5.41) is 5.31. The number of hydrogen-bond acceptors (Lipinski definition) is 4. The van der Waals surface area contributed by atoms with E-state index in [0.717, 1.165) is 23.9 Å². The van der Waals surface area contributed by atoms with Gasteiger partial charge in [0.25, 0.3) is 5.91 Å². The van der Waals surface area contributed by atoms with E-state index in [2.05, 4.69) is 10.1 Å². The van der Waals surface area contributed by atoms with Gasteiger partial charge in [-0.15, -0.1) is 0 Å². The van der Waals surface area contributed by atoms with Gasteiger partial charge in [-0.2, -0.15) is 5.10 Å². The highest BCUT2D eigenvalue weighted by molar-refractivity contribution is 6.07. The fraction of sp³-hybridized carbons (Fsp3) is 0.450. The van der Waals surface area contributed by atoms with Crippen molar-refractivity contribution in [3.05, 3.63) is 35.7 Å². The number of carbonyl (C=O) groups excluding carboxylic acids is 1. The fourth-order valence-electron chi connectivity index (χ4n) is 3.99. The summed E-state index contributed by atoms with van der Waals surface area (Å²) in [5.41, 5.74) is 2.84. The number of aryl methyl sites for hydroxylation is 2. The lowest BCUT2D eigenvalue weighted by atomic mass is 9.94. The fourth-order valence-corrected chi connectivity index (χ4v) is 3.99. The van der Waals surface area contributed by atoms with Crippen LogP contribution in [0.4, 0.5) is 0 Å². The van der Waals surface area contributed by atoms with Crippen molar-refractivity contribution in [2.24, 2.45) is 7.05 Å². The first-order valence-electron chi connectivity index (χ1n) is 9.21. The second-order valence-electron chi connectivity index (χ2n) is 7.15. The smallest absolute Gasteiger partial charge is 0.254 e. The zero-order valence-electron chi connectivity index (χ0n) is 15.5. The summed E-state index contributed by atoms with van der Waals surface area (Å²) in [6, 6.07) is 5.84. The molecule has 136 valence electrons. The summed E-state index contributed by atoms with van der Waals surface area (Å²) >= 11 is 0. The second-order valence-corrected chi connectivity index (χ2v) is 7.15. The van der Waals surface area contributed by atoms with Crippen LogP contribution in [0.15, 0.2) is 28.9 Å². The van der Waals surface area contributed by atoms with Crippen molar-refractivity contribution in [3.8, 4) is 11.5 Å². The standard InChI is InChI=1S/C20H24N4O2/c1-13-18-15(20(25)23(2)14-8-5-4-6-9-14)12-16(17-10-7-11-26-17)21-19(18)24(3)22-13/h7,10-12,14H,4-6,8-9H2,1-3H3. The predicted octanol–water partition coefficient (Wildman–Crippen LogP) is 3.94. The SMILES string of the molecule is Cc1nn(C)c2nc(-c3ccco3)cc(C(=O)N(C)C3CCCCC3)c12. The quantitative estimate of drug-likeness (QED) is 0.716. The van der Waals surface area contributed by atoms with E-state index < -0.39 is 0 Å². The molecule has 0 N–H and O–H groups in total. The van der Waals surface area contributed by atoms with Crippen molar-refractivity contribution in [2.45, 2.75) is 45.1 Å². The Morgan fingerprint density at radius 1 is 1.31 bits per heavy atom. The minimum atomic E-state index is 0.0354. The predicted molar refractivity (Wildman–Crippen MR) is 99.9 cm³/mol. The van der Waals surface area contributed by atoms with E-state index in [-0.39, 0.29) is 5.91 Å². The van der Waals surface area contributed by atoms with E-state index in [4.69, 9.17) is 4.42 Å². The maximum atomic E-state index is 13.4. The van der Waals surface area contributed by atoms with Crippen LogP contribution in [0.25, 0.3) is 22.5 Å². The summed E-state index contributed by atoms with van der Waals surface area (Å²) in [4.78, 5) is 20.0. The van der Waals surface area contributed by atoms with E-state index in [0.29, 0.717) is 28.7 Å². The van der Waals surface area contributed by atoms with Gasteiger partial charge in [-0.25, -0.2) is 4.98 Å². The van der Waals surface area contributed by atoms with Gasteiger partial charge in [0.1, 0.15) is 5.69 Å². The van der Waals surface area contributed by atoms with Crippen LogP contribution >= 0.6 is 0 Å². The van der Waals surface area contributed by atoms with Gasteiger partial charge in [0.15, 0.2) is 11.4 Å². The molecule has 26 heavy (non-hydrogen) atoms. The van der Waals surface area contributed by atoms with E-state index in [9.17, 15) is 4.79 Å². The molecule has 1 fully saturated rings. The van der Waals surface area contributed by atoms with Gasteiger partial charge in [-0.05, 0) is 38.0 Å². The van der Waals surface area contributed by atoms with Gasteiger partial charge < -0.3 is 9.32 Å². The van der Waals surface area contributed by atoms with Gasteiger partial charge in [0.2, 0.25) is 0 Å². The average Bonchev–Trinajstić information content (AvgIpc) is 3.29. The number of aromatic nitrogens is 3. The number of rotatable bonds is 3. The molecule has 0 spiro atoms. The van der Waals surface area contributed by atoms with Crippen LogP contribution in [0.3, 0.4) is 0 Å². The van der Waals surface area contributed by atoms with Crippen LogP contribution in [0.1, 0.15) is 48.2 Å². The van der Waals surface area contributed by atoms with E-state index in [1.165, 1.54) is 19.3 Å². The maximum absolute atomic E-state index is 13.4. The lowest BCUT2D eigenvalue weighted by Crippen LogP contribution is -2.38. The molecule has 0 bridgehead atoms. The first-order valence-corrected chi connectivity index (χ1v) is 9.21. The summed E-state index contributed by atoms with van der Waals surface area (Å²) in [6.07, 6.45) is 7.42. The van der Waals surface area contributed by atoms with E-state index >= 15 is 0 Å². The lowest BCUT2D eigenvalue weighted by Gasteiger charge is -2.31. The molecule has 4 rings (SSSR count). The van der Waals surface area contributed by atoms with Crippen LogP contribution in [0, 0.1) is 6.92 Å². The number of pyridine rings is 1. The van der Waals surface area contributed by atoms with E-state index in [1.54, 1.807) is 10.9 Å². The van der Waals surface area contributed by atoms with Crippen LogP contribution in [-0.4, -0.2) is 38.7 Å². The lowest BCUT2D eigenvalue weighted by molar-refractivity contribution is 0.0698. The van der Waals surface area contributed by atoms with Gasteiger partial charge in [0.05, 0.1) is 22.9 Å². The number of carbonyl (C=O) groups is 1. The molecule has 0 atom stereocenters. The summed E-state index contributed by atoms with van der Waals surface area (Å²) in [5.74, 6) is 0.688. The molecule has 0 radical (unpaired) electrons. The van der Waals surface area contributed by atoms with Gasteiger partial charge in [-0.3, -0.25) is 9.48 Å². The Labute approximate surface area is 152 Å². The minimum Gasteiger partial charge on any atom is -0.463 e. The van der Waals surface area contributed by atoms with Crippen LogP contribution in [0.2, 0.25) is 0 Å². The number of furan rings is 1. The molecular formula is C20H24N4O2. The highest BCUT2D eigenvalue weighted by Gasteiger charge is 2.27. The number of amides is 1. The first-order chi connectivity index (χ1) is 12.6. The summed E-state index contributed by atoms with van der Waals surface area (Å²) < 4.78 is 7.24. The molecule has 3 aromatic heterocycles. The Balaban J connectivity index is 1.83. The third-order valence-electron chi connectivity index (χ3n) is 5.42. The molecular weight excluding hydrogens is 328 g/mol. The Morgan fingerprint density at radius 2 is 2.08 bits per heavy atom. The Bertz CT molecular complexity index is 937. The van der Waals surface area contributed by atoms with Crippen LogP contribution in [0.5, 0.6) is 0 Å². The molecule has 3 heterocycles. The summed E-state index contributed by atoms with van der Waals surface area (Å²) in [7, 11) is 3.77. The Morgan fingerprint density at radius 3 is 2.77 bits per heavy atom. The zero-order valence-corrected chi connectivity index (χ0v) is 15.5. The van der Waals surface area contributed by atoms with Gasteiger partial charge >= 0.3 is 0 Å². The number of fused-ring (bicyclic) bond motifs is 1. The number of nitrogens with zero attached hydrogens (tertiary/aromatic N) is 4. The second kappa shape index (κ2) is 6.59. The maximum Gasteiger partial charge on any atom is 0.254 e. The molecule has 1 amide bonds. The molecule has 1 saturated carbocycles. The molecule has 6 heteroatoms. The molecule has 0 unspecified atom stereocenters. The van der Waals surface area contributed by atoms with Crippen LogP contribution in [-0.2, 0) is 7.05 Å². The van der Waals surface area contributed by atoms with Crippen molar-refractivity contribution in [1.29, 1.82) is 0 Å². The third-order valence-corrected chi connectivity index (χ3v) is 5.42. The van der Waals surface area contributed by atoms with E-state index in [1.807, 2.05) is 44.1 Å². The highest BCUT2D eigenvalue weighted by atomic mass is 16.3. The zero-order chi connectivity index (χ0) is 18.3. The normalized spacial score (nSPS) is 15.5. The minimum absolute atomic E-state index is 0.0354. The van der Waals surface area contributed by atoms with Crippen LogP contribution < -0.4 is 0 Å². The van der Waals surface area contributed by atoms with Gasteiger partial charge in [-0.1, -0.05) is 19.3 Å². The molecule has 0 aromatic carbocycles. The van der Waals surface area contributed by atoms with Crippen molar-refractivity contribution in [2.75, 3.05) is 7.05 Å². The highest BCUT2D eigenvalue weighted by Crippen LogP contribution is 2.29. The van der Waals surface area contributed by atoms with Crippen molar-refractivity contribution in [1.82, 2.24) is 19.7 Å². The molecule has 0 saturated heterocycles. The average molecular weight is 352 g/mol. The topological polar surface area (TPSA) is 64.2 Å². The third kappa shape index (κ3) is 2.79. The summed E-state index contributed by atoms with van der Waals surface area (Å²) in [6.45, 7) is 1.92. The largest absolute Gasteiger partial charge is 0.463 e. The molecule has 3 aromatic rings. The molecule has 1 aliphatic rings. The molecule has 1 aliphatic carbocycles.